The highest BCUT2D eigenvalue weighted by Gasteiger charge is 2.12. The van der Waals surface area contributed by atoms with E-state index in [0.29, 0.717) is 11.1 Å². The first-order chi connectivity index (χ1) is 10.9. The van der Waals surface area contributed by atoms with E-state index in [4.69, 9.17) is 11.6 Å². The molecule has 0 saturated heterocycles. The van der Waals surface area contributed by atoms with E-state index < -0.39 is 14.9 Å². The predicted octanol–water partition coefficient (Wildman–Crippen LogP) is 2.70. The van der Waals surface area contributed by atoms with Gasteiger partial charge in [-0.15, -0.1) is 0 Å². The Hall–Kier alpha value is -2.45. The SMILES string of the molecule is O=[N+]([O-])c1cc(/C=N/NS(=O)(=O)Cc2ccccc2)ccc1Cl. The molecule has 0 aromatic heterocycles. The summed E-state index contributed by atoms with van der Waals surface area (Å²) in [6, 6.07) is 12.7. The number of nitrogens with zero attached hydrogens (tertiary/aromatic N) is 2. The molecule has 1 N–H and O–H groups in total. The Morgan fingerprint density at radius 1 is 1.22 bits per heavy atom. The van der Waals surface area contributed by atoms with Crippen molar-refractivity contribution in [1.29, 1.82) is 0 Å². The maximum Gasteiger partial charge on any atom is 0.288 e. The molecule has 7 nitrogen and oxygen atoms in total. The second kappa shape index (κ2) is 7.21. The van der Waals surface area contributed by atoms with Crippen LogP contribution in [0.1, 0.15) is 11.1 Å². The summed E-state index contributed by atoms with van der Waals surface area (Å²) >= 11 is 5.69. The van der Waals surface area contributed by atoms with E-state index in [1.807, 2.05) is 0 Å². The van der Waals surface area contributed by atoms with Crippen LogP contribution in [0.5, 0.6) is 0 Å². The molecular formula is C14H12ClN3O4S. The van der Waals surface area contributed by atoms with Crippen LogP contribution in [0.4, 0.5) is 5.69 Å². The van der Waals surface area contributed by atoms with Crippen molar-refractivity contribution < 1.29 is 13.3 Å². The molecule has 0 aliphatic carbocycles. The Morgan fingerprint density at radius 3 is 2.57 bits per heavy atom. The third kappa shape index (κ3) is 5.04. The maximum atomic E-state index is 11.9. The molecular weight excluding hydrogens is 342 g/mol. The van der Waals surface area contributed by atoms with Gasteiger partial charge in [0.05, 0.1) is 16.9 Å². The summed E-state index contributed by atoms with van der Waals surface area (Å²) in [6.07, 6.45) is 1.17. The number of nitro groups is 1. The van der Waals surface area contributed by atoms with Gasteiger partial charge in [-0.25, -0.2) is 13.2 Å². The molecule has 23 heavy (non-hydrogen) atoms. The summed E-state index contributed by atoms with van der Waals surface area (Å²) in [5, 5.41) is 14.4. The molecule has 0 bridgehead atoms. The zero-order valence-electron chi connectivity index (χ0n) is 11.7. The fourth-order valence-electron chi connectivity index (χ4n) is 1.76. The fourth-order valence-corrected chi connectivity index (χ4v) is 2.85. The topological polar surface area (TPSA) is 102 Å². The Balaban J connectivity index is 2.06. The molecule has 0 atom stereocenters. The lowest BCUT2D eigenvalue weighted by Gasteiger charge is -2.03. The lowest BCUT2D eigenvalue weighted by atomic mass is 10.2. The third-order valence-electron chi connectivity index (χ3n) is 2.77. The monoisotopic (exact) mass is 353 g/mol. The highest BCUT2D eigenvalue weighted by Crippen LogP contribution is 2.24. The maximum absolute atomic E-state index is 11.9. The number of hydrogen-bond acceptors (Lipinski definition) is 5. The van der Waals surface area contributed by atoms with E-state index in [1.165, 1.54) is 24.4 Å². The normalized spacial score (nSPS) is 11.5. The molecule has 120 valence electrons. The van der Waals surface area contributed by atoms with E-state index in [1.54, 1.807) is 30.3 Å². The van der Waals surface area contributed by atoms with Gasteiger partial charge in [-0.1, -0.05) is 48.0 Å². The molecule has 0 amide bonds. The van der Waals surface area contributed by atoms with Crippen LogP contribution in [0.2, 0.25) is 5.02 Å². The lowest BCUT2D eigenvalue weighted by molar-refractivity contribution is -0.384. The summed E-state index contributed by atoms with van der Waals surface area (Å²) < 4.78 is 23.7. The fraction of sp³-hybridized carbons (Fsp3) is 0.0714. The van der Waals surface area contributed by atoms with Gasteiger partial charge >= 0.3 is 0 Å². The third-order valence-corrected chi connectivity index (χ3v) is 4.19. The smallest absolute Gasteiger partial charge is 0.258 e. The average molecular weight is 354 g/mol. The lowest BCUT2D eigenvalue weighted by Crippen LogP contribution is -2.20. The van der Waals surface area contributed by atoms with Gasteiger partial charge in [0.2, 0.25) is 0 Å². The van der Waals surface area contributed by atoms with E-state index >= 15 is 0 Å². The standard InChI is InChI=1S/C14H12ClN3O4S/c15-13-7-6-12(8-14(13)18(19)20)9-16-17-23(21,22)10-11-4-2-1-3-5-11/h1-9,17H,10H2/b16-9+. The minimum atomic E-state index is -3.65. The Bertz CT molecular complexity index is 838. The van der Waals surface area contributed by atoms with E-state index in [0.717, 1.165) is 0 Å². The molecule has 0 saturated carbocycles. The number of benzene rings is 2. The zero-order chi connectivity index (χ0) is 16.9. The minimum Gasteiger partial charge on any atom is -0.258 e. The van der Waals surface area contributed by atoms with Crippen LogP contribution in [0.3, 0.4) is 0 Å². The van der Waals surface area contributed by atoms with Gasteiger partial charge < -0.3 is 0 Å². The summed E-state index contributed by atoms with van der Waals surface area (Å²) in [7, 11) is -3.65. The van der Waals surface area contributed by atoms with Crippen LogP contribution < -0.4 is 4.83 Å². The van der Waals surface area contributed by atoms with Crippen molar-refractivity contribution >= 4 is 33.5 Å². The molecule has 0 radical (unpaired) electrons. The number of sulfonamides is 1. The van der Waals surface area contributed by atoms with Crippen molar-refractivity contribution in [3.8, 4) is 0 Å². The Labute approximate surface area is 137 Å². The van der Waals surface area contributed by atoms with Crippen molar-refractivity contribution in [3.05, 3.63) is 74.8 Å². The van der Waals surface area contributed by atoms with Gasteiger partial charge in [-0.05, 0) is 11.6 Å². The second-order valence-corrected chi connectivity index (χ2v) is 6.67. The van der Waals surface area contributed by atoms with Crippen LogP contribution in [0.15, 0.2) is 53.6 Å². The highest BCUT2D eigenvalue weighted by atomic mass is 35.5. The van der Waals surface area contributed by atoms with Gasteiger partial charge in [0, 0.05) is 11.6 Å². The van der Waals surface area contributed by atoms with Crippen molar-refractivity contribution in [3.63, 3.8) is 0 Å². The van der Waals surface area contributed by atoms with Gasteiger partial charge in [-0.3, -0.25) is 10.1 Å². The number of nitrogens with one attached hydrogen (secondary N) is 1. The molecule has 0 aliphatic heterocycles. The zero-order valence-corrected chi connectivity index (χ0v) is 13.3. The first kappa shape index (κ1) is 16.9. The average Bonchev–Trinajstić information content (AvgIpc) is 2.49. The molecule has 2 rings (SSSR count). The number of hydrogen-bond donors (Lipinski definition) is 1. The summed E-state index contributed by atoms with van der Waals surface area (Å²) in [5.74, 6) is -0.216. The molecule has 0 fully saturated rings. The van der Waals surface area contributed by atoms with Gasteiger partial charge in [0.1, 0.15) is 5.02 Å². The highest BCUT2D eigenvalue weighted by molar-refractivity contribution is 7.88. The summed E-state index contributed by atoms with van der Waals surface area (Å²) in [4.78, 5) is 12.2. The molecule has 9 heteroatoms. The molecule has 0 heterocycles. The summed E-state index contributed by atoms with van der Waals surface area (Å²) in [6.45, 7) is 0. The molecule has 2 aromatic carbocycles. The van der Waals surface area contributed by atoms with Crippen molar-refractivity contribution in [2.24, 2.45) is 5.10 Å². The van der Waals surface area contributed by atoms with Gasteiger partial charge in [0.25, 0.3) is 15.7 Å². The quantitative estimate of drug-likeness (QED) is 0.490. The van der Waals surface area contributed by atoms with Crippen LogP contribution in [-0.4, -0.2) is 19.6 Å². The van der Waals surface area contributed by atoms with E-state index in [2.05, 4.69) is 9.93 Å². The number of halogens is 1. The van der Waals surface area contributed by atoms with Crippen molar-refractivity contribution in [2.75, 3.05) is 0 Å². The minimum absolute atomic E-state index is 0.00296. The number of nitro benzene ring substituents is 1. The Morgan fingerprint density at radius 2 is 1.91 bits per heavy atom. The van der Waals surface area contributed by atoms with E-state index in [-0.39, 0.29) is 16.5 Å². The van der Waals surface area contributed by atoms with Gasteiger partial charge in [0.15, 0.2) is 0 Å². The number of rotatable bonds is 6. The molecule has 0 unspecified atom stereocenters. The van der Waals surface area contributed by atoms with E-state index in [9.17, 15) is 18.5 Å². The van der Waals surface area contributed by atoms with Crippen molar-refractivity contribution in [1.82, 2.24) is 4.83 Å². The van der Waals surface area contributed by atoms with Crippen molar-refractivity contribution in [2.45, 2.75) is 5.75 Å². The van der Waals surface area contributed by atoms with Gasteiger partial charge in [-0.2, -0.15) is 5.10 Å². The first-order valence-corrected chi connectivity index (χ1v) is 8.41. The van der Waals surface area contributed by atoms with Crippen LogP contribution in [0.25, 0.3) is 0 Å². The molecule has 0 spiro atoms. The van der Waals surface area contributed by atoms with Crippen LogP contribution in [-0.2, 0) is 15.8 Å². The molecule has 0 aliphatic rings. The largest absolute Gasteiger partial charge is 0.288 e. The van der Waals surface area contributed by atoms with Crippen LogP contribution >= 0.6 is 11.6 Å². The number of hydrazone groups is 1. The molecule has 2 aromatic rings. The first-order valence-electron chi connectivity index (χ1n) is 6.38. The Kier molecular flexibility index (Phi) is 5.30. The summed E-state index contributed by atoms with van der Waals surface area (Å²) in [5.41, 5.74) is 0.698. The van der Waals surface area contributed by atoms with Crippen LogP contribution in [0, 0.1) is 10.1 Å². The second-order valence-electron chi connectivity index (χ2n) is 4.56. The predicted molar refractivity (Wildman–Crippen MR) is 87.9 cm³/mol.